The lowest BCUT2D eigenvalue weighted by Crippen LogP contribution is -2.62. The molecule has 0 aromatic carbocycles. The van der Waals surface area contributed by atoms with E-state index in [-0.39, 0.29) is 29.9 Å². The largest absolute Gasteiger partial charge is 0.469 e. The second-order valence-corrected chi connectivity index (χ2v) is 7.66. The molecule has 0 spiro atoms. The van der Waals surface area contributed by atoms with Crippen molar-refractivity contribution in [2.75, 3.05) is 19.7 Å². The van der Waals surface area contributed by atoms with Crippen LogP contribution in [0.1, 0.15) is 48.2 Å². The van der Waals surface area contributed by atoms with Crippen molar-refractivity contribution >= 4 is 11.8 Å². The van der Waals surface area contributed by atoms with E-state index in [9.17, 15) is 9.59 Å². The summed E-state index contributed by atoms with van der Waals surface area (Å²) in [6.07, 6.45) is 6.53. The Bertz CT molecular complexity index is 652. The van der Waals surface area contributed by atoms with Crippen LogP contribution in [0.2, 0.25) is 0 Å². The van der Waals surface area contributed by atoms with Crippen LogP contribution in [0.15, 0.2) is 16.7 Å². The number of aryl methyl sites for hydroxylation is 1. The van der Waals surface area contributed by atoms with E-state index < -0.39 is 0 Å². The zero-order chi connectivity index (χ0) is 17.4. The Morgan fingerprint density at radius 3 is 2.84 bits per heavy atom. The van der Waals surface area contributed by atoms with Gasteiger partial charge >= 0.3 is 0 Å². The highest BCUT2D eigenvalue weighted by atomic mass is 16.5. The van der Waals surface area contributed by atoms with Gasteiger partial charge in [0.1, 0.15) is 5.76 Å². The highest BCUT2D eigenvalue weighted by Crippen LogP contribution is 2.33. The quantitative estimate of drug-likeness (QED) is 0.906. The Hall–Kier alpha value is -1.82. The molecule has 3 fully saturated rings. The van der Waals surface area contributed by atoms with Crippen LogP contribution in [0, 0.1) is 18.8 Å². The summed E-state index contributed by atoms with van der Waals surface area (Å²) in [6, 6.07) is 1.60. The van der Waals surface area contributed by atoms with E-state index in [0.29, 0.717) is 36.8 Å². The minimum Gasteiger partial charge on any atom is -0.469 e. The predicted octanol–water partition coefficient (Wildman–Crippen LogP) is 2.12. The molecule has 0 radical (unpaired) electrons. The molecule has 1 aromatic rings. The molecular formula is C19H26N2O4. The van der Waals surface area contributed by atoms with Gasteiger partial charge in [-0.1, -0.05) is 0 Å². The first kappa shape index (κ1) is 16.6. The number of amides is 2. The Balaban J connectivity index is 1.48. The molecule has 1 N–H and O–H groups in total. The standard InChI is InChI=1S/C19H26N2O4/c1-12-15(6-8-24-12)19(23)21-10-14-3-2-7-25-18(14)16(11-21)20-17(22)9-13-4-5-13/h6,8,13-14,16,18H,2-5,7,9-11H2,1H3,(H,20,22)/t14-,16-,18+/m0/s1. The van der Waals surface area contributed by atoms with E-state index in [2.05, 4.69) is 5.32 Å². The van der Waals surface area contributed by atoms with Crippen molar-refractivity contribution in [3.05, 3.63) is 23.7 Å². The first-order valence-electron chi connectivity index (χ1n) is 9.36. The third-order valence-electron chi connectivity index (χ3n) is 5.66. The van der Waals surface area contributed by atoms with E-state index in [1.165, 1.54) is 0 Å². The molecule has 2 amide bonds. The molecule has 2 aliphatic heterocycles. The Morgan fingerprint density at radius 2 is 2.12 bits per heavy atom. The van der Waals surface area contributed by atoms with Crippen LogP contribution in [0.25, 0.3) is 0 Å². The Kier molecular flexibility index (Phi) is 4.54. The van der Waals surface area contributed by atoms with Crippen molar-refractivity contribution in [3.8, 4) is 0 Å². The van der Waals surface area contributed by atoms with E-state index >= 15 is 0 Å². The van der Waals surface area contributed by atoms with Crippen LogP contribution in [0.5, 0.6) is 0 Å². The molecule has 4 rings (SSSR count). The average Bonchev–Trinajstić information content (AvgIpc) is 3.31. The van der Waals surface area contributed by atoms with E-state index in [4.69, 9.17) is 9.15 Å². The molecule has 2 saturated heterocycles. The Morgan fingerprint density at radius 1 is 1.28 bits per heavy atom. The van der Waals surface area contributed by atoms with Gasteiger partial charge in [0.05, 0.1) is 24.0 Å². The number of nitrogens with zero attached hydrogens (tertiary/aromatic N) is 1. The number of nitrogens with one attached hydrogen (secondary N) is 1. The molecular weight excluding hydrogens is 320 g/mol. The monoisotopic (exact) mass is 346 g/mol. The number of carbonyl (C=O) groups is 2. The normalized spacial score (nSPS) is 29.2. The number of fused-ring (bicyclic) bond motifs is 1. The molecule has 6 nitrogen and oxygen atoms in total. The highest BCUT2D eigenvalue weighted by molar-refractivity contribution is 5.95. The zero-order valence-electron chi connectivity index (χ0n) is 14.7. The Labute approximate surface area is 147 Å². The summed E-state index contributed by atoms with van der Waals surface area (Å²) >= 11 is 0. The molecule has 136 valence electrons. The van der Waals surface area contributed by atoms with Crippen molar-refractivity contribution in [3.63, 3.8) is 0 Å². The summed E-state index contributed by atoms with van der Waals surface area (Å²) in [5.41, 5.74) is 0.609. The molecule has 3 atom stereocenters. The molecule has 0 bridgehead atoms. The molecule has 25 heavy (non-hydrogen) atoms. The number of hydrogen-bond acceptors (Lipinski definition) is 4. The van der Waals surface area contributed by atoms with Gasteiger partial charge in [-0.05, 0) is 44.6 Å². The van der Waals surface area contributed by atoms with Crippen LogP contribution in [0.3, 0.4) is 0 Å². The van der Waals surface area contributed by atoms with Crippen LogP contribution in [0.4, 0.5) is 0 Å². The zero-order valence-corrected chi connectivity index (χ0v) is 14.7. The van der Waals surface area contributed by atoms with Gasteiger partial charge in [-0.15, -0.1) is 0 Å². The fourth-order valence-corrected chi connectivity index (χ4v) is 4.12. The molecule has 1 saturated carbocycles. The first-order valence-corrected chi connectivity index (χ1v) is 9.36. The SMILES string of the molecule is Cc1occc1C(=O)N1C[C@@H]2CCCO[C@H]2[C@@H](NC(=O)CC2CC2)C1. The molecule has 0 unspecified atom stereocenters. The fraction of sp³-hybridized carbons (Fsp3) is 0.684. The number of rotatable bonds is 4. The molecule has 6 heteroatoms. The highest BCUT2D eigenvalue weighted by Gasteiger charge is 2.42. The molecule has 1 aliphatic carbocycles. The molecule has 3 heterocycles. The number of piperidine rings is 1. The number of furan rings is 1. The molecule has 1 aromatic heterocycles. The predicted molar refractivity (Wildman–Crippen MR) is 91.1 cm³/mol. The van der Waals surface area contributed by atoms with Crippen LogP contribution < -0.4 is 5.32 Å². The number of ether oxygens (including phenoxy) is 1. The second-order valence-electron chi connectivity index (χ2n) is 7.66. The maximum absolute atomic E-state index is 12.9. The summed E-state index contributed by atoms with van der Waals surface area (Å²) in [5.74, 6) is 1.55. The van der Waals surface area contributed by atoms with Crippen molar-refractivity contribution in [2.24, 2.45) is 11.8 Å². The van der Waals surface area contributed by atoms with Crippen molar-refractivity contribution in [1.29, 1.82) is 0 Å². The van der Waals surface area contributed by atoms with Crippen LogP contribution in [-0.2, 0) is 9.53 Å². The lowest BCUT2D eigenvalue weighted by Gasteiger charge is -2.46. The van der Waals surface area contributed by atoms with Gasteiger partial charge in [-0.3, -0.25) is 9.59 Å². The number of hydrogen-bond donors (Lipinski definition) is 1. The van der Waals surface area contributed by atoms with E-state index in [1.807, 2.05) is 4.90 Å². The van der Waals surface area contributed by atoms with Gasteiger partial charge < -0.3 is 19.4 Å². The van der Waals surface area contributed by atoms with Crippen LogP contribution in [-0.4, -0.2) is 48.6 Å². The maximum atomic E-state index is 12.9. The fourth-order valence-electron chi connectivity index (χ4n) is 4.12. The number of carbonyl (C=O) groups excluding carboxylic acids is 2. The summed E-state index contributed by atoms with van der Waals surface area (Å²) < 4.78 is 11.3. The van der Waals surface area contributed by atoms with Crippen molar-refractivity contribution < 1.29 is 18.7 Å². The van der Waals surface area contributed by atoms with E-state index in [0.717, 1.165) is 32.3 Å². The van der Waals surface area contributed by atoms with Gasteiger partial charge in [0.2, 0.25) is 5.91 Å². The summed E-state index contributed by atoms with van der Waals surface area (Å²) in [6.45, 7) is 3.73. The summed E-state index contributed by atoms with van der Waals surface area (Å²) in [7, 11) is 0. The topological polar surface area (TPSA) is 71.8 Å². The third kappa shape index (κ3) is 3.59. The smallest absolute Gasteiger partial charge is 0.257 e. The van der Waals surface area contributed by atoms with Gasteiger partial charge in [-0.2, -0.15) is 0 Å². The second kappa shape index (κ2) is 6.83. The number of likely N-dealkylation sites (tertiary alicyclic amines) is 1. The minimum absolute atomic E-state index is 0.0169. The minimum atomic E-state index is -0.124. The molecule has 3 aliphatic rings. The maximum Gasteiger partial charge on any atom is 0.257 e. The summed E-state index contributed by atoms with van der Waals surface area (Å²) in [4.78, 5) is 27.1. The first-order chi connectivity index (χ1) is 12.1. The van der Waals surface area contributed by atoms with Gasteiger partial charge in [0.15, 0.2) is 0 Å². The average molecular weight is 346 g/mol. The van der Waals surface area contributed by atoms with Crippen molar-refractivity contribution in [1.82, 2.24) is 10.2 Å². The van der Waals surface area contributed by atoms with Gasteiger partial charge in [0, 0.05) is 32.0 Å². The van der Waals surface area contributed by atoms with Gasteiger partial charge in [-0.25, -0.2) is 0 Å². The van der Waals surface area contributed by atoms with Crippen molar-refractivity contribution in [2.45, 2.75) is 51.2 Å². The lowest BCUT2D eigenvalue weighted by atomic mass is 9.85. The third-order valence-corrected chi connectivity index (χ3v) is 5.66. The lowest BCUT2D eigenvalue weighted by molar-refractivity contribution is -0.127. The van der Waals surface area contributed by atoms with E-state index in [1.54, 1.807) is 19.3 Å². The summed E-state index contributed by atoms with van der Waals surface area (Å²) in [5, 5.41) is 3.15. The van der Waals surface area contributed by atoms with Gasteiger partial charge in [0.25, 0.3) is 5.91 Å². The van der Waals surface area contributed by atoms with Crippen LogP contribution >= 0.6 is 0 Å².